The zero-order chi connectivity index (χ0) is 12.8. The minimum atomic E-state index is 0.246. The summed E-state index contributed by atoms with van der Waals surface area (Å²) in [5, 5.41) is 7.79. The van der Waals surface area contributed by atoms with Crippen molar-refractivity contribution in [3.05, 3.63) is 48.0 Å². The predicted molar refractivity (Wildman–Crippen MR) is 72.0 cm³/mol. The Balaban J connectivity index is 1.93. The molecule has 1 atom stereocenters. The number of nitrogens with one attached hydrogen (secondary N) is 1. The molecular weight excluding hydrogens is 224 g/mol. The molecule has 0 saturated carbocycles. The molecule has 96 valence electrons. The lowest BCUT2D eigenvalue weighted by Gasteiger charge is -2.14. The lowest BCUT2D eigenvalue weighted by molar-refractivity contribution is 0.511. The average molecular weight is 244 g/mol. The topological polar surface area (TPSA) is 42.7 Å². The third-order valence-corrected chi connectivity index (χ3v) is 2.96. The van der Waals surface area contributed by atoms with E-state index >= 15 is 0 Å². The second-order valence-corrected chi connectivity index (χ2v) is 4.40. The molecular formula is C14H20N4. The van der Waals surface area contributed by atoms with Gasteiger partial charge in [-0.25, -0.2) is 0 Å². The molecule has 4 nitrogen and oxygen atoms in total. The van der Waals surface area contributed by atoms with Crippen molar-refractivity contribution in [2.45, 2.75) is 39.4 Å². The zero-order valence-corrected chi connectivity index (χ0v) is 11.0. The fraction of sp³-hybridized carbons (Fsp3) is 0.429. The fourth-order valence-corrected chi connectivity index (χ4v) is 1.92. The average Bonchev–Trinajstić information content (AvgIpc) is 2.85. The van der Waals surface area contributed by atoms with E-state index in [9.17, 15) is 0 Å². The summed E-state index contributed by atoms with van der Waals surface area (Å²) in [4.78, 5) is 4.35. The molecule has 0 amide bonds. The quantitative estimate of drug-likeness (QED) is 0.849. The number of hydrogen-bond donors (Lipinski definition) is 1. The van der Waals surface area contributed by atoms with Crippen LogP contribution in [0, 0.1) is 0 Å². The van der Waals surface area contributed by atoms with Gasteiger partial charge in [-0.05, 0) is 31.5 Å². The first-order chi connectivity index (χ1) is 8.81. The smallest absolute Gasteiger partial charge is 0.0570 e. The molecule has 18 heavy (non-hydrogen) atoms. The molecule has 0 fully saturated rings. The molecule has 2 rings (SSSR count). The SMILES string of the molecule is CCCn1nccc1CN[C@@H](C)c1ccccn1. The first-order valence-electron chi connectivity index (χ1n) is 6.46. The summed E-state index contributed by atoms with van der Waals surface area (Å²) < 4.78 is 2.05. The highest BCUT2D eigenvalue weighted by Crippen LogP contribution is 2.09. The highest BCUT2D eigenvalue weighted by atomic mass is 15.3. The van der Waals surface area contributed by atoms with Gasteiger partial charge in [-0.3, -0.25) is 9.67 Å². The second-order valence-electron chi connectivity index (χ2n) is 4.40. The van der Waals surface area contributed by atoms with Gasteiger partial charge < -0.3 is 5.32 Å². The van der Waals surface area contributed by atoms with Crippen LogP contribution in [-0.2, 0) is 13.1 Å². The van der Waals surface area contributed by atoms with Gasteiger partial charge in [-0.2, -0.15) is 5.10 Å². The van der Waals surface area contributed by atoms with Crippen molar-refractivity contribution in [1.29, 1.82) is 0 Å². The van der Waals surface area contributed by atoms with E-state index in [1.807, 2.05) is 30.6 Å². The third kappa shape index (κ3) is 3.17. The van der Waals surface area contributed by atoms with Gasteiger partial charge in [0.25, 0.3) is 0 Å². The van der Waals surface area contributed by atoms with E-state index in [-0.39, 0.29) is 6.04 Å². The Bertz CT molecular complexity index is 464. The Labute approximate surface area is 108 Å². The molecule has 0 saturated heterocycles. The van der Waals surface area contributed by atoms with Gasteiger partial charge in [0.1, 0.15) is 0 Å². The highest BCUT2D eigenvalue weighted by molar-refractivity contribution is 5.08. The zero-order valence-electron chi connectivity index (χ0n) is 11.0. The maximum atomic E-state index is 4.35. The molecule has 0 aliphatic rings. The number of aryl methyl sites for hydroxylation is 1. The Morgan fingerprint density at radius 2 is 2.17 bits per heavy atom. The molecule has 0 spiro atoms. The number of rotatable bonds is 6. The van der Waals surface area contributed by atoms with Crippen molar-refractivity contribution in [1.82, 2.24) is 20.1 Å². The largest absolute Gasteiger partial charge is 0.303 e. The van der Waals surface area contributed by atoms with Gasteiger partial charge in [0, 0.05) is 31.5 Å². The van der Waals surface area contributed by atoms with Crippen LogP contribution in [0.2, 0.25) is 0 Å². The Morgan fingerprint density at radius 1 is 1.28 bits per heavy atom. The summed E-state index contributed by atoms with van der Waals surface area (Å²) in [6.45, 7) is 6.08. The molecule has 0 bridgehead atoms. The maximum absolute atomic E-state index is 4.35. The highest BCUT2D eigenvalue weighted by Gasteiger charge is 2.07. The monoisotopic (exact) mass is 244 g/mol. The Hall–Kier alpha value is -1.68. The molecule has 2 aromatic heterocycles. The van der Waals surface area contributed by atoms with Crippen LogP contribution >= 0.6 is 0 Å². The van der Waals surface area contributed by atoms with Crippen molar-refractivity contribution in [2.75, 3.05) is 0 Å². The standard InChI is InChI=1S/C14H20N4/c1-3-10-18-13(7-9-17-18)11-16-12(2)14-6-4-5-8-15-14/h4-9,12,16H,3,10-11H2,1-2H3/t12-/m0/s1. The molecule has 2 aromatic rings. The first kappa shape index (κ1) is 12.8. The van der Waals surface area contributed by atoms with Gasteiger partial charge in [0.05, 0.1) is 11.4 Å². The van der Waals surface area contributed by atoms with Gasteiger partial charge in [0.2, 0.25) is 0 Å². The molecule has 0 aromatic carbocycles. The first-order valence-corrected chi connectivity index (χ1v) is 6.46. The van der Waals surface area contributed by atoms with Gasteiger partial charge >= 0.3 is 0 Å². The fourth-order valence-electron chi connectivity index (χ4n) is 1.92. The minimum Gasteiger partial charge on any atom is -0.303 e. The Morgan fingerprint density at radius 3 is 2.89 bits per heavy atom. The van der Waals surface area contributed by atoms with Gasteiger partial charge in [-0.15, -0.1) is 0 Å². The number of hydrogen-bond acceptors (Lipinski definition) is 3. The molecule has 0 aliphatic heterocycles. The second kappa shape index (κ2) is 6.31. The van der Waals surface area contributed by atoms with E-state index < -0.39 is 0 Å². The van der Waals surface area contributed by atoms with Crippen molar-refractivity contribution >= 4 is 0 Å². The Kier molecular flexibility index (Phi) is 4.47. The lowest BCUT2D eigenvalue weighted by Crippen LogP contribution is -2.21. The van der Waals surface area contributed by atoms with E-state index in [0.717, 1.165) is 25.2 Å². The van der Waals surface area contributed by atoms with E-state index in [1.165, 1.54) is 5.69 Å². The van der Waals surface area contributed by atoms with Crippen LogP contribution in [-0.4, -0.2) is 14.8 Å². The summed E-state index contributed by atoms with van der Waals surface area (Å²) in [5.41, 5.74) is 2.29. The number of nitrogens with zero attached hydrogens (tertiary/aromatic N) is 3. The van der Waals surface area contributed by atoms with Crippen LogP contribution in [0.15, 0.2) is 36.7 Å². The third-order valence-electron chi connectivity index (χ3n) is 2.96. The molecule has 1 N–H and O–H groups in total. The summed E-state index contributed by atoms with van der Waals surface area (Å²) in [6.07, 6.45) is 4.79. The van der Waals surface area contributed by atoms with Crippen LogP contribution in [0.5, 0.6) is 0 Å². The van der Waals surface area contributed by atoms with Crippen LogP contribution < -0.4 is 5.32 Å². The van der Waals surface area contributed by atoms with E-state index in [2.05, 4.69) is 40.0 Å². The summed E-state index contributed by atoms with van der Waals surface area (Å²) in [6, 6.07) is 8.31. The van der Waals surface area contributed by atoms with E-state index in [1.54, 1.807) is 0 Å². The van der Waals surface area contributed by atoms with E-state index in [0.29, 0.717) is 0 Å². The normalized spacial score (nSPS) is 12.6. The number of aromatic nitrogens is 3. The number of pyridine rings is 1. The molecule has 2 heterocycles. The summed E-state index contributed by atoms with van der Waals surface area (Å²) >= 11 is 0. The van der Waals surface area contributed by atoms with E-state index in [4.69, 9.17) is 0 Å². The van der Waals surface area contributed by atoms with Crippen molar-refractivity contribution in [3.63, 3.8) is 0 Å². The minimum absolute atomic E-state index is 0.246. The maximum Gasteiger partial charge on any atom is 0.0570 e. The van der Waals surface area contributed by atoms with Crippen molar-refractivity contribution in [3.8, 4) is 0 Å². The molecule has 0 aliphatic carbocycles. The van der Waals surface area contributed by atoms with Crippen LogP contribution in [0.4, 0.5) is 0 Å². The molecule has 0 radical (unpaired) electrons. The molecule has 4 heteroatoms. The summed E-state index contributed by atoms with van der Waals surface area (Å²) in [5.74, 6) is 0. The predicted octanol–water partition coefficient (Wildman–Crippen LogP) is 2.54. The van der Waals surface area contributed by atoms with Crippen molar-refractivity contribution < 1.29 is 0 Å². The summed E-state index contributed by atoms with van der Waals surface area (Å²) in [7, 11) is 0. The van der Waals surface area contributed by atoms with Gasteiger partial charge in [-0.1, -0.05) is 13.0 Å². The lowest BCUT2D eigenvalue weighted by atomic mass is 10.2. The van der Waals surface area contributed by atoms with Crippen LogP contribution in [0.3, 0.4) is 0 Å². The van der Waals surface area contributed by atoms with Crippen LogP contribution in [0.25, 0.3) is 0 Å². The van der Waals surface area contributed by atoms with Crippen LogP contribution in [0.1, 0.15) is 37.7 Å². The molecule has 0 unspecified atom stereocenters. The van der Waals surface area contributed by atoms with Crippen molar-refractivity contribution in [2.24, 2.45) is 0 Å². The van der Waals surface area contributed by atoms with Gasteiger partial charge in [0.15, 0.2) is 0 Å².